The van der Waals surface area contributed by atoms with Crippen LogP contribution in [0.15, 0.2) is 29.2 Å². The number of thioether (sulfide) groups is 1. The fourth-order valence-electron chi connectivity index (χ4n) is 1.20. The van der Waals surface area contributed by atoms with Gasteiger partial charge in [-0.1, -0.05) is 18.2 Å². The molecule has 0 aliphatic carbocycles. The summed E-state index contributed by atoms with van der Waals surface area (Å²) in [5.41, 5.74) is 6.87. The van der Waals surface area contributed by atoms with Crippen molar-refractivity contribution < 1.29 is 5.11 Å². The molecular formula is C10H15NOS. The molecule has 0 spiro atoms. The van der Waals surface area contributed by atoms with E-state index in [9.17, 15) is 5.11 Å². The molecule has 0 unspecified atom stereocenters. The van der Waals surface area contributed by atoms with E-state index in [2.05, 4.69) is 0 Å². The lowest BCUT2D eigenvalue weighted by molar-refractivity contribution is 0.163. The lowest BCUT2D eigenvalue weighted by atomic mass is 10.0. The first kappa shape index (κ1) is 10.6. The van der Waals surface area contributed by atoms with Gasteiger partial charge < -0.3 is 10.8 Å². The molecule has 0 saturated heterocycles. The molecule has 2 atom stereocenters. The Bertz CT molecular complexity index is 275. The third-order valence-corrected chi connectivity index (χ3v) is 2.83. The third-order valence-electron chi connectivity index (χ3n) is 2.02. The highest BCUT2D eigenvalue weighted by atomic mass is 32.2. The molecule has 13 heavy (non-hydrogen) atoms. The average molecular weight is 197 g/mol. The van der Waals surface area contributed by atoms with Crippen LogP contribution in [0.5, 0.6) is 0 Å². The first-order chi connectivity index (χ1) is 6.16. The van der Waals surface area contributed by atoms with Gasteiger partial charge in [-0.2, -0.15) is 0 Å². The zero-order valence-electron chi connectivity index (χ0n) is 7.90. The Kier molecular flexibility index (Phi) is 3.78. The zero-order valence-corrected chi connectivity index (χ0v) is 8.71. The summed E-state index contributed by atoms with van der Waals surface area (Å²) in [5.74, 6) is 0. The monoisotopic (exact) mass is 197 g/mol. The van der Waals surface area contributed by atoms with E-state index in [4.69, 9.17) is 5.73 Å². The van der Waals surface area contributed by atoms with Gasteiger partial charge in [-0.25, -0.2) is 0 Å². The molecule has 3 N–H and O–H groups in total. The predicted molar refractivity (Wildman–Crippen MR) is 56.8 cm³/mol. The van der Waals surface area contributed by atoms with Gasteiger partial charge in [0.05, 0.1) is 12.1 Å². The van der Waals surface area contributed by atoms with E-state index in [0.29, 0.717) is 0 Å². The maximum atomic E-state index is 9.36. The van der Waals surface area contributed by atoms with Gasteiger partial charge in [-0.3, -0.25) is 0 Å². The van der Waals surface area contributed by atoms with Gasteiger partial charge in [0, 0.05) is 4.90 Å². The smallest absolute Gasteiger partial charge is 0.0705 e. The molecule has 0 aliphatic heterocycles. The molecule has 0 fully saturated rings. The minimum atomic E-state index is -0.506. The van der Waals surface area contributed by atoms with Crippen LogP contribution in [0.4, 0.5) is 0 Å². The molecule has 0 amide bonds. The minimum Gasteiger partial charge on any atom is -0.391 e. The molecule has 0 bridgehead atoms. The first-order valence-corrected chi connectivity index (χ1v) is 5.46. The van der Waals surface area contributed by atoms with Crippen molar-refractivity contribution in [2.24, 2.45) is 5.73 Å². The van der Waals surface area contributed by atoms with Gasteiger partial charge in [0.1, 0.15) is 0 Å². The van der Waals surface area contributed by atoms with Crippen LogP contribution in [0.1, 0.15) is 18.5 Å². The Balaban J connectivity index is 2.98. The standard InChI is InChI=1S/C10H15NOS/c1-7(12)10(11)8-5-3-4-6-9(8)13-2/h3-7,10,12H,11H2,1-2H3/t7-,10+/m1/s1. The summed E-state index contributed by atoms with van der Waals surface area (Å²) in [6.45, 7) is 1.71. The second kappa shape index (κ2) is 4.65. The summed E-state index contributed by atoms with van der Waals surface area (Å²) in [5, 5.41) is 9.36. The first-order valence-electron chi connectivity index (χ1n) is 4.23. The van der Waals surface area contributed by atoms with Crippen molar-refractivity contribution in [2.75, 3.05) is 6.26 Å². The molecule has 0 saturated carbocycles. The van der Waals surface area contributed by atoms with E-state index in [1.807, 2.05) is 30.5 Å². The molecule has 1 aromatic carbocycles. The quantitative estimate of drug-likeness (QED) is 0.726. The number of aliphatic hydroxyl groups is 1. The van der Waals surface area contributed by atoms with E-state index >= 15 is 0 Å². The van der Waals surface area contributed by atoms with Crippen molar-refractivity contribution in [3.63, 3.8) is 0 Å². The molecule has 1 aromatic rings. The molecule has 72 valence electrons. The average Bonchev–Trinajstić information content (AvgIpc) is 2.16. The molecule has 3 heteroatoms. The maximum absolute atomic E-state index is 9.36. The second-order valence-electron chi connectivity index (χ2n) is 3.01. The predicted octanol–water partition coefficient (Wildman–Crippen LogP) is 1.79. The highest BCUT2D eigenvalue weighted by Crippen LogP contribution is 2.25. The van der Waals surface area contributed by atoms with E-state index < -0.39 is 6.10 Å². The van der Waals surface area contributed by atoms with Crippen LogP contribution in [0.2, 0.25) is 0 Å². The van der Waals surface area contributed by atoms with Crippen molar-refractivity contribution in [1.29, 1.82) is 0 Å². The Hall–Kier alpha value is -0.510. The fourth-order valence-corrected chi connectivity index (χ4v) is 1.86. The number of hydrogen-bond donors (Lipinski definition) is 2. The zero-order chi connectivity index (χ0) is 9.84. The number of benzene rings is 1. The van der Waals surface area contributed by atoms with Gasteiger partial charge in [0.2, 0.25) is 0 Å². The topological polar surface area (TPSA) is 46.2 Å². The SMILES string of the molecule is CSc1ccccc1[C@@H](N)[C@@H](C)O. The number of nitrogens with two attached hydrogens (primary N) is 1. The minimum absolute atomic E-state index is 0.288. The van der Waals surface area contributed by atoms with Gasteiger partial charge in [0.25, 0.3) is 0 Å². The van der Waals surface area contributed by atoms with Crippen LogP contribution in [0.25, 0.3) is 0 Å². The molecule has 0 aliphatic rings. The Labute approximate surface area is 83.1 Å². The number of hydrogen-bond acceptors (Lipinski definition) is 3. The largest absolute Gasteiger partial charge is 0.391 e. The normalized spacial score (nSPS) is 15.4. The summed E-state index contributed by atoms with van der Waals surface area (Å²) >= 11 is 1.65. The van der Waals surface area contributed by atoms with E-state index in [1.165, 1.54) is 0 Å². The fraction of sp³-hybridized carbons (Fsp3) is 0.400. The van der Waals surface area contributed by atoms with Crippen molar-refractivity contribution in [1.82, 2.24) is 0 Å². The highest BCUT2D eigenvalue weighted by Gasteiger charge is 2.14. The van der Waals surface area contributed by atoms with Crippen LogP contribution in [0, 0.1) is 0 Å². The summed E-state index contributed by atoms with van der Waals surface area (Å²) in [7, 11) is 0. The lowest BCUT2D eigenvalue weighted by Gasteiger charge is -2.17. The van der Waals surface area contributed by atoms with E-state index in [0.717, 1.165) is 10.5 Å². The summed E-state index contributed by atoms with van der Waals surface area (Å²) in [6.07, 6.45) is 1.50. The third kappa shape index (κ3) is 2.46. The van der Waals surface area contributed by atoms with Crippen LogP contribution < -0.4 is 5.73 Å². The van der Waals surface area contributed by atoms with Gasteiger partial charge >= 0.3 is 0 Å². The summed E-state index contributed by atoms with van der Waals surface area (Å²) < 4.78 is 0. The van der Waals surface area contributed by atoms with E-state index in [1.54, 1.807) is 18.7 Å². The molecular weight excluding hydrogens is 182 g/mol. The van der Waals surface area contributed by atoms with Crippen LogP contribution in [-0.2, 0) is 0 Å². The second-order valence-corrected chi connectivity index (χ2v) is 3.86. The lowest BCUT2D eigenvalue weighted by Crippen LogP contribution is -2.23. The molecule has 0 aromatic heterocycles. The van der Waals surface area contributed by atoms with Crippen LogP contribution >= 0.6 is 11.8 Å². The summed E-state index contributed by atoms with van der Waals surface area (Å²) in [4.78, 5) is 1.14. The van der Waals surface area contributed by atoms with Gasteiger partial charge in [0.15, 0.2) is 0 Å². The van der Waals surface area contributed by atoms with Crippen LogP contribution in [0.3, 0.4) is 0 Å². The molecule has 0 heterocycles. The molecule has 0 radical (unpaired) electrons. The van der Waals surface area contributed by atoms with Crippen molar-refractivity contribution in [3.8, 4) is 0 Å². The van der Waals surface area contributed by atoms with Gasteiger partial charge in [-0.15, -0.1) is 11.8 Å². The maximum Gasteiger partial charge on any atom is 0.0705 e. The van der Waals surface area contributed by atoms with E-state index in [-0.39, 0.29) is 6.04 Å². The molecule has 1 rings (SSSR count). The Morgan fingerprint density at radius 3 is 2.54 bits per heavy atom. The number of rotatable bonds is 3. The van der Waals surface area contributed by atoms with Crippen LogP contribution in [-0.4, -0.2) is 17.5 Å². The van der Waals surface area contributed by atoms with Crippen molar-refractivity contribution >= 4 is 11.8 Å². The van der Waals surface area contributed by atoms with Crippen molar-refractivity contribution in [2.45, 2.75) is 24.0 Å². The van der Waals surface area contributed by atoms with Crippen molar-refractivity contribution in [3.05, 3.63) is 29.8 Å². The number of aliphatic hydroxyl groups excluding tert-OH is 1. The Morgan fingerprint density at radius 2 is 2.00 bits per heavy atom. The Morgan fingerprint density at radius 1 is 1.38 bits per heavy atom. The highest BCUT2D eigenvalue weighted by molar-refractivity contribution is 7.98. The van der Waals surface area contributed by atoms with Gasteiger partial charge in [-0.05, 0) is 24.8 Å². The summed E-state index contributed by atoms with van der Waals surface area (Å²) in [6, 6.07) is 7.61. The molecule has 2 nitrogen and oxygen atoms in total.